The highest BCUT2D eigenvalue weighted by atomic mass is 32.3. The molecule has 16 heteroatoms. The highest BCUT2D eigenvalue weighted by Gasteiger charge is 2.49. The van der Waals surface area contributed by atoms with Crippen molar-refractivity contribution in [3.8, 4) is 0 Å². The van der Waals surface area contributed by atoms with Gasteiger partial charge in [-0.25, -0.2) is 15.0 Å². The van der Waals surface area contributed by atoms with Gasteiger partial charge in [-0.3, -0.25) is 14.2 Å². The molecule has 0 saturated carbocycles. The molecule has 0 radical (unpaired) electrons. The molecule has 3 N–H and O–H groups in total. The van der Waals surface area contributed by atoms with E-state index in [0.29, 0.717) is 24.4 Å². The zero-order valence-electron chi connectivity index (χ0n) is 15.1. The number of carbonyl (C=O) groups is 2. The molecule has 3 fully saturated rings. The molecule has 3 saturated heterocycles. The fourth-order valence-electron chi connectivity index (χ4n) is 3.85. The summed E-state index contributed by atoms with van der Waals surface area (Å²) in [5.74, 6) is -0.513. The minimum atomic E-state index is -4.83. The van der Waals surface area contributed by atoms with Crippen molar-refractivity contribution in [1.82, 2.24) is 41.0 Å². The molecular formula is C13H20N8O7S. The first-order valence-corrected chi connectivity index (χ1v) is 10.3. The van der Waals surface area contributed by atoms with Crippen molar-refractivity contribution in [1.29, 1.82) is 0 Å². The Balaban J connectivity index is 1.25. The average Bonchev–Trinajstić information content (AvgIpc) is 3.39. The number of hydrogen-bond donors (Lipinski definition) is 3. The summed E-state index contributed by atoms with van der Waals surface area (Å²) >= 11 is 0. The van der Waals surface area contributed by atoms with Crippen molar-refractivity contribution < 1.29 is 31.7 Å². The number of piperidine rings is 1. The molecule has 15 nitrogen and oxygen atoms in total. The maximum atomic E-state index is 12.4. The molecular weight excluding hydrogens is 412 g/mol. The van der Waals surface area contributed by atoms with Crippen LogP contribution in [0.2, 0.25) is 0 Å². The summed E-state index contributed by atoms with van der Waals surface area (Å²) in [6, 6.07) is -2.08. The van der Waals surface area contributed by atoms with Crippen LogP contribution in [0.15, 0.2) is 6.33 Å². The Labute approximate surface area is 165 Å². The van der Waals surface area contributed by atoms with Crippen LogP contribution in [0.3, 0.4) is 0 Å². The summed E-state index contributed by atoms with van der Waals surface area (Å²) in [6.45, 7) is 0.999. The van der Waals surface area contributed by atoms with E-state index in [2.05, 4.69) is 30.6 Å². The third kappa shape index (κ3) is 4.30. The molecule has 0 aliphatic carbocycles. The van der Waals surface area contributed by atoms with E-state index in [4.69, 9.17) is 9.39 Å². The Morgan fingerprint density at radius 3 is 2.93 bits per heavy atom. The van der Waals surface area contributed by atoms with Crippen LogP contribution in [0.4, 0.5) is 4.79 Å². The number of nitrogens with zero attached hydrogens (tertiary/aromatic N) is 6. The van der Waals surface area contributed by atoms with Gasteiger partial charge in [-0.2, -0.15) is 13.5 Å². The number of urea groups is 1. The van der Waals surface area contributed by atoms with Gasteiger partial charge in [-0.05, 0) is 29.7 Å². The van der Waals surface area contributed by atoms with E-state index in [1.165, 1.54) is 11.2 Å². The van der Waals surface area contributed by atoms with E-state index in [1.54, 1.807) is 4.68 Å². The van der Waals surface area contributed by atoms with Crippen LogP contribution < -0.4 is 10.8 Å². The summed E-state index contributed by atoms with van der Waals surface area (Å²) in [7, 11) is -4.83. The first-order valence-electron chi connectivity index (χ1n) is 8.96. The summed E-state index contributed by atoms with van der Waals surface area (Å²) in [5.41, 5.74) is 2.35. The SMILES string of the molecule is O=C(NOC[C@@H]1C[C@H](n2cnnn2)CN1)C1CCC2CN1C(=O)N2OS(=O)(=O)O. The van der Waals surface area contributed by atoms with Crippen LogP contribution in [0.5, 0.6) is 0 Å². The minimum absolute atomic E-state index is 0.00712. The van der Waals surface area contributed by atoms with Crippen LogP contribution in [0, 0.1) is 0 Å². The smallest absolute Gasteiger partial charge is 0.309 e. The molecule has 29 heavy (non-hydrogen) atoms. The zero-order valence-corrected chi connectivity index (χ0v) is 15.9. The Morgan fingerprint density at radius 1 is 1.38 bits per heavy atom. The Morgan fingerprint density at radius 2 is 2.21 bits per heavy atom. The van der Waals surface area contributed by atoms with Gasteiger partial charge in [-0.15, -0.1) is 9.38 Å². The molecule has 4 rings (SSSR count). The van der Waals surface area contributed by atoms with Crippen LogP contribution in [-0.4, -0.2) is 92.9 Å². The summed E-state index contributed by atoms with van der Waals surface area (Å²) < 4.78 is 36.6. The highest BCUT2D eigenvalue weighted by molar-refractivity contribution is 7.80. The molecule has 2 unspecified atom stereocenters. The predicted octanol–water partition coefficient (Wildman–Crippen LogP) is -2.37. The maximum absolute atomic E-state index is 12.4. The van der Waals surface area contributed by atoms with E-state index in [-0.39, 0.29) is 25.2 Å². The number of aromatic nitrogens is 4. The number of nitrogens with one attached hydrogen (secondary N) is 2. The highest BCUT2D eigenvalue weighted by Crippen LogP contribution is 2.30. The van der Waals surface area contributed by atoms with E-state index in [0.717, 1.165) is 6.42 Å². The number of amides is 3. The standard InChI is InChI=1S/C13H20N8O7S/c22-12(16-27-6-8-3-10(4-14-8)20-7-15-17-18-20)11-2-1-9-5-19(11)13(23)21(9)28-29(24,25)26/h7-11,14H,1-6H2,(H,16,22)(H,24,25,26)/t8-,9?,10-,11?/m0/s1. The fraction of sp³-hybridized carbons (Fsp3) is 0.769. The molecule has 1 aromatic rings. The van der Waals surface area contributed by atoms with Crippen molar-refractivity contribution in [2.24, 2.45) is 0 Å². The molecule has 4 heterocycles. The summed E-state index contributed by atoms with van der Waals surface area (Å²) in [4.78, 5) is 31.3. The van der Waals surface area contributed by atoms with Crippen LogP contribution >= 0.6 is 0 Å². The van der Waals surface area contributed by atoms with E-state index in [9.17, 15) is 18.0 Å². The number of hydrogen-bond acceptors (Lipinski definition) is 10. The van der Waals surface area contributed by atoms with Crippen LogP contribution in [-0.2, 0) is 24.3 Å². The molecule has 3 amide bonds. The van der Waals surface area contributed by atoms with Gasteiger partial charge < -0.3 is 10.2 Å². The summed E-state index contributed by atoms with van der Waals surface area (Å²) in [5, 5.41) is 14.9. The van der Waals surface area contributed by atoms with Gasteiger partial charge >= 0.3 is 16.4 Å². The van der Waals surface area contributed by atoms with Gasteiger partial charge in [0, 0.05) is 19.1 Å². The average molecular weight is 432 g/mol. The number of hydroxylamine groups is 3. The van der Waals surface area contributed by atoms with Gasteiger partial charge in [0.05, 0.1) is 18.7 Å². The van der Waals surface area contributed by atoms with Crippen LogP contribution in [0.1, 0.15) is 25.3 Å². The molecule has 3 aliphatic rings. The fourth-order valence-corrected chi connectivity index (χ4v) is 4.24. The van der Waals surface area contributed by atoms with Gasteiger partial charge in [-0.1, -0.05) is 0 Å². The van der Waals surface area contributed by atoms with Crippen molar-refractivity contribution in [2.75, 3.05) is 19.7 Å². The van der Waals surface area contributed by atoms with E-state index in [1.807, 2.05) is 0 Å². The second-order valence-electron chi connectivity index (χ2n) is 7.07. The van der Waals surface area contributed by atoms with Crippen molar-refractivity contribution in [3.05, 3.63) is 6.33 Å². The van der Waals surface area contributed by atoms with Gasteiger partial charge in [0.2, 0.25) is 0 Å². The quantitative estimate of drug-likeness (QED) is 0.309. The lowest BCUT2D eigenvalue weighted by Gasteiger charge is -2.29. The molecule has 3 aliphatic heterocycles. The van der Waals surface area contributed by atoms with Gasteiger partial charge in [0.15, 0.2) is 0 Å². The van der Waals surface area contributed by atoms with E-state index >= 15 is 0 Å². The Bertz CT molecular complexity index is 865. The van der Waals surface area contributed by atoms with Gasteiger partial charge in [0.1, 0.15) is 12.4 Å². The number of tetrazole rings is 1. The molecule has 0 spiro atoms. The lowest BCUT2D eigenvalue weighted by Crippen LogP contribution is -2.50. The summed E-state index contributed by atoms with van der Waals surface area (Å²) in [6.07, 6.45) is 2.90. The number of fused-ring (bicyclic) bond motifs is 2. The Hall–Kier alpha value is -2.40. The molecule has 0 aromatic carbocycles. The third-order valence-corrected chi connectivity index (χ3v) is 5.54. The largest absolute Gasteiger partial charge is 0.418 e. The number of carbonyl (C=O) groups excluding carboxylic acids is 2. The predicted molar refractivity (Wildman–Crippen MR) is 90.7 cm³/mol. The second-order valence-corrected chi connectivity index (χ2v) is 8.08. The van der Waals surface area contributed by atoms with Crippen molar-refractivity contribution >= 4 is 22.3 Å². The Kier molecular flexibility index (Phi) is 5.34. The monoisotopic (exact) mass is 432 g/mol. The zero-order chi connectivity index (χ0) is 20.6. The lowest BCUT2D eigenvalue weighted by molar-refractivity contribution is -0.139. The van der Waals surface area contributed by atoms with Crippen molar-refractivity contribution in [2.45, 2.75) is 43.4 Å². The molecule has 1 aromatic heterocycles. The lowest BCUT2D eigenvalue weighted by atomic mass is 10.0. The van der Waals surface area contributed by atoms with Gasteiger partial charge in [0.25, 0.3) is 5.91 Å². The topological polar surface area (TPSA) is 181 Å². The first-order chi connectivity index (χ1) is 13.8. The van der Waals surface area contributed by atoms with Crippen molar-refractivity contribution in [3.63, 3.8) is 0 Å². The molecule has 160 valence electrons. The molecule has 4 atom stereocenters. The third-order valence-electron chi connectivity index (χ3n) is 5.20. The first kappa shape index (κ1) is 19.9. The molecule has 2 bridgehead atoms. The normalized spacial score (nSPS) is 29.5. The number of rotatable bonds is 7. The van der Waals surface area contributed by atoms with Crippen LogP contribution in [0.25, 0.3) is 0 Å². The maximum Gasteiger partial charge on any atom is 0.418 e. The van der Waals surface area contributed by atoms with E-state index < -0.39 is 34.4 Å². The second kappa shape index (κ2) is 7.79. The minimum Gasteiger partial charge on any atom is -0.309 e.